The van der Waals surface area contributed by atoms with Crippen LogP contribution in [0.1, 0.15) is 18.4 Å². The molecule has 2 saturated heterocycles. The van der Waals surface area contributed by atoms with Crippen LogP contribution < -0.4 is 14.8 Å². The summed E-state index contributed by atoms with van der Waals surface area (Å²) < 4.78 is 11.4. The molecule has 2 aliphatic heterocycles. The molecule has 29 heavy (non-hydrogen) atoms. The molecular formula is C22H38N4O3. The summed E-state index contributed by atoms with van der Waals surface area (Å²) in [5.41, 5.74) is 1.09. The van der Waals surface area contributed by atoms with E-state index in [1.54, 1.807) is 7.11 Å². The Balaban J connectivity index is 1.44. The number of likely N-dealkylation sites (N-methyl/N-ethyl adjacent to an activating group) is 1. The first kappa shape index (κ1) is 22.3. The lowest BCUT2D eigenvalue weighted by atomic mass is 10.2. The number of aliphatic hydroxyl groups excluding tert-OH is 1. The highest BCUT2D eigenvalue weighted by atomic mass is 16.5. The Morgan fingerprint density at radius 2 is 1.83 bits per heavy atom. The summed E-state index contributed by atoms with van der Waals surface area (Å²) in [6, 6.07) is 5.93. The number of nitrogens with one attached hydrogen (secondary N) is 1. The second kappa shape index (κ2) is 11.7. The van der Waals surface area contributed by atoms with Crippen molar-refractivity contribution in [2.24, 2.45) is 0 Å². The quantitative estimate of drug-likeness (QED) is 0.529. The SMILES string of the molecule is COc1ccc(CNCCN2CCN(C)CC2)c(OCC(O)CN2CCCC2)c1. The molecule has 1 aromatic rings. The predicted molar refractivity (Wildman–Crippen MR) is 116 cm³/mol. The minimum absolute atomic E-state index is 0.304. The van der Waals surface area contributed by atoms with Gasteiger partial charge in [-0.2, -0.15) is 0 Å². The first-order chi connectivity index (χ1) is 14.1. The molecule has 0 amide bonds. The minimum atomic E-state index is -0.475. The second-order valence-corrected chi connectivity index (χ2v) is 8.27. The molecule has 2 N–H and O–H groups in total. The highest BCUT2D eigenvalue weighted by Crippen LogP contribution is 2.25. The fraction of sp³-hybridized carbons (Fsp3) is 0.727. The maximum absolute atomic E-state index is 10.3. The molecule has 1 atom stereocenters. The standard InChI is InChI=1S/C22H38N4O3/c1-24-11-13-25(14-12-24)10-7-23-16-19-5-6-21(28-2)15-22(19)29-18-20(27)17-26-8-3-4-9-26/h5-6,15,20,23,27H,3-4,7-14,16-18H2,1-2H3. The van der Waals surface area contributed by atoms with Gasteiger partial charge in [0, 0.05) is 64.0 Å². The number of likely N-dealkylation sites (tertiary alicyclic amines) is 1. The van der Waals surface area contributed by atoms with Crippen molar-refractivity contribution in [3.05, 3.63) is 23.8 Å². The van der Waals surface area contributed by atoms with Gasteiger partial charge in [0.2, 0.25) is 0 Å². The van der Waals surface area contributed by atoms with Crippen LogP contribution in [0.4, 0.5) is 0 Å². The Labute approximate surface area is 175 Å². The number of hydrogen-bond donors (Lipinski definition) is 2. The zero-order chi connectivity index (χ0) is 20.5. The van der Waals surface area contributed by atoms with Gasteiger partial charge in [0.15, 0.2) is 0 Å². The minimum Gasteiger partial charge on any atom is -0.497 e. The average Bonchev–Trinajstić information content (AvgIpc) is 3.24. The van der Waals surface area contributed by atoms with Crippen LogP contribution in [0.15, 0.2) is 18.2 Å². The molecule has 7 nitrogen and oxygen atoms in total. The number of aliphatic hydroxyl groups is 1. The lowest BCUT2D eigenvalue weighted by Crippen LogP contribution is -2.46. The van der Waals surface area contributed by atoms with E-state index in [1.165, 1.54) is 12.8 Å². The molecular weight excluding hydrogens is 368 g/mol. The van der Waals surface area contributed by atoms with Crippen molar-refractivity contribution in [2.75, 3.05) is 79.7 Å². The van der Waals surface area contributed by atoms with Gasteiger partial charge in [-0.15, -0.1) is 0 Å². The molecule has 7 heteroatoms. The second-order valence-electron chi connectivity index (χ2n) is 8.27. The Morgan fingerprint density at radius 3 is 2.55 bits per heavy atom. The highest BCUT2D eigenvalue weighted by molar-refractivity contribution is 5.40. The molecule has 0 aliphatic carbocycles. The Morgan fingerprint density at radius 1 is 1.07 bits per heavy atom. The number of hydrogen-bond acceptors (Lipinski definition) is 7. The van der Waals surface area contributed by atoms with Gasteiger partial charge in [-0.25, -0.2) is 0 Å². The van der Waals surface area contributed by atoms with Gasteiger partial charge >= 0.3 is 0 Å². The molecule has 3 rings (SSSR count). The van der Waals surface area contributed by atoms with Crippen molar-refractivity contribution in [1.29, 1.82) is 0 Å². The zero-order valence-corrected chi connectivity index (χ0v) is 18.1. The average molecular weight is 407 g/mol. The van der Waals surface area contributed by atoms with Crippen LogP contribution in [-0.2, 0) is 6.54 Å². The molecule has 0 radical (unpaired) electrons. The number of piperazine rings is 1. The van der Waals surface area contributed by atoms with Crippen LogP contribution in [0.3, 0.4) is 0 Å². The fourth-order valence-corrected chi connectivity index (χ4v) is 3.98. The van der Waals surface area contributed by atoms with Crippen LogP contribution in [0, 0.1) is 0 Å². The smallest absolute Gasteiger partial charge is 0.127 e. The van der Waals surface area contributed by atoms with E-state index in [-0.39, 0.29) is 0 Å². The summed E-state index contributed by atoms with van der Waals surface area (Å²) >= 11 is 0. The molecule has 1 aromatic carbocycles. The third kappa shape index (κ3) is 7.42. The summed E-state index contributed by atoms with van der Waals surface area (Å²) in [4.78, 5) is 7.19. The third-order valence-electron chi connectivity index (χ3n) is 5.89. The van der Waals surface area contributed by atoms with Gasteiger partial charge in [0.05, 0.1) is 7.11 Å². The van der Waals surface area contributed by atoms with E-state index in [0.717, 1.165) is 76.0 Å². The summed E-state index contributed by atoms with van der Waals surface area (Å²) in [5.74, 6) is 1.56. The van der Waals surface area contributed by atoms with Crippen LogP contribution in [0.5, 0.6) is 11.5 Å². The number of nitrogens with zero attached hydrogens (tertiary/aromatic N) is 3. The lowest BCUT2D eigenvalue weighted by Gasteiger charge is -2.32. The van der Waals surface area contributed by atoms with E-state index in [4.69, 9.17) is 9.47 Å². The van der Waals surface area contributed by atoms with E-state index in [0.29, 0.717) is 13.2 Å². The zero-order valence-electron chi connectivity index (χ0n) is 18.1. The fourth-order valence-electron chi connectivity index (χ4n) is 3.98. The topological polar surface area (TPSA) is 60.4 Å². The van der Waals surface area contributed by atoms with E-state index < -0.39 is 6.10 Å². The first-order valence-electron chi connectivity index (χ1n) is 11.0. The maximum atomic E-state index is 10.3. The summed E-state index contributed by atoms with van der Waals surface area (Å²) in [5, 5.41) is 13.9. The molecule has 2 fully saturated rings. The van der Waals surface area contributed by atoms with Crippen molar-refractivity contribution in [3.8, 4) is 11.5 Å². The third-order valence-corrected chi connectivity index (χ3v) is 5.89. The van der Waals surface area contributed by atoms with Gasteiger partial charge in [0.25, 0.3) is 0 Å². The Kier molecular flexibility index (Phi) is 9.01. The normalized spacial score (nSPS) is 20.1. The molecule has 1 unspecified atom stereocenters. The van der Waals surface area contributed by atoms with Crippen LogP contribution >= 0.6 is 0 Å². The first-order valence-corrected chi connectivity index (χ1v) is 11.0. The van der Waals surface area contributed by atoms with Gasteiger partial charge in [0.1, 0.15) is 24.2 Å². The molecule has 0 aromatic heterocycles. The van der Waals surface area contributed by atoms with Crippen LogP contribution in [-0.4, -0.2) is 106 Å². The van der Waals surface area contributed by atoms with E-state index in [1.807, 2.05) is 18.2 Å². The van der Waals surface area contributed by atoms with E-state index in [2.05, 4.69) is 27.1 Å². The Bertz CT molecular complexity index is 602. The van der Waals surface area contributed by atoms with Crippen molar-refractivity contribution >= 4 is 0 Å². The summed E-state index contributed by atoms with van der Waals surface area (Å²) in [6.45, 7) is 10.5. The number of benzene rings is 1. The highest BCUT2D eigenvalue weighted by Gasteiger charge is 2.17. The molecule has 0 saturated carbocycles. The van der Waals surface area contributed by atoms with Gasteiger partial charge in [-0.1, -0.05) is 6.07 Å². The van der Waals surface area contributed by atoms with Crippen LogP contribution in [0.25, 0.3) is 0 Å². The van der Waals surface area contributed by atoms with Gasteiger partial charge < -0.3 is 29.7 Å². The maximum Gasteiger partial charge on any atom is 0.127 e. The van der Waals surface area contributed by atoms with E-state index >= 15 is 0 Å². The predicted octanol–water partition coefficient (Wildman–Crippen LogP) is 0.868. The lowest BCUT2D eigenvalue weighted by molar-refractivity contribution is 0.0753. The molecule has 0 bridgehead atoms. The summed E-state index contributed by atoms with van der Waals surface area (Å²) in [7, 11) is 3.85. The summed E-state index contributed by atoms with van der Waals surface area (Å²) in [6.07, 6.45) is 1.98. The van der Waals surface area contributed by atoms with Gasteiger partial charge in [-0.3, -0.25) is 4.90 Å². The number of rotatable bonds is 11. The largest absolute Gasteiger partial charge is 0.497 e. The van der Waals surface area contributed by atoms with Crippen molar-refractivity contribution < 1.29 is 14.6 Å². The molecule has 2 heterocycles. The number of β-amino-alcohol motifs (C(OH)–C–C–N with tert-alkyl or cyclic N) is 1. The number of ether oxygens (including phenoxy) is 2. The van der Waals surface area contributed by atoms with Crippen molar-refractivity contribution in [1.82, 2.24) is 20.0 Å². The van der Waals surface area contributed by atoms with E-state index in [9.17, 15) is 5.11 Å². The molecule has 0 spiro atoms. The monoisotopic (exact) mass is 406 g/mol. The van der Waals surface area contributed by atoms with Crippen LogP contribution in [0.2, 0.25) is 0 Å². The number of methoxy groups -OCH3 is 1. The molecule has 164 valence electrons. The molecule has 2 aliphatic rings. The van der Waals surface area contributed by atoms with Crippen molar-refractivity contribution in [2.45, 2.75) is 25.5 Å². The van der Waals surface area contributed by atoms with Crippen molar-refractivity contribution in [3.63, 3.8) is 0 Å². The van der Waals surface area contributed by atoms with Gasteiger partial charge in [-0.05, 0) is 39.0 Å². The Hall–Kier alpha value is -1.38.